The molecule has 1 fully saturated rings. The third-order valence-electron chi connectivity index (χ3n) is 4.16. The zero-order valence-electron chi connectivity index (χ0n) is 15.2. The first kappa shape index (κ1) is 19.8. The second-order valence-electron chi connectivity index (χ2n) is 5.90. The predicted molar refractivity (Wildman–Crippen MR) is 98.7 cm³/mol. The van der Waals surface area contributed by atoms with E-state index in [0.717, 1.165) is 50.6 Å². The molecule has 1 aromatic rings. The summed E-state index contributed by atoms with van der Waals surface area (Å²) in [5.74, 6) is 0.477. The monoisotopic (exact) mass is 358 g/mol. The highest BCUT2D eigenvalue weighted by Crippen LogP contribution is 2.17. The van der Waals surface area contributed by atoms with E-state index in [1.54, 1.807) is 7.11 Å². The molecule has 0 aromatic heterocycles. The van der Waals surface area contributed by atoms with Crippen molar-refractivity contribution >= 4 is 5.91 Å². The molecule has 140 valence electrons. The third-order valence-corrected chi connectivity index (χ3v) is 4.16. The van der Waals surface area contributed by atoms with Crippen LogP contribution in [0.4, 0.5) is 0 Å². The topological polar surface area (TPSA) is 86.6 Å². The van der Waals surface area contributed by atoms with Crippen molar-refractivity contribution in [3.8, 4) is 11.8 Å². The van der Waals surface area contributed by atoms with E-state index in [9.17, 15) is 10.1 Å². The fraction of sp³-hybridized carbons (Fsp3) is 0.474. The molecule has 2 N–H and O–H groups in total. The van der Waals surface area contributed by atoms with Crippen LogP contribution in [0, 0.1) is 11.3 Å². The minimum atomic E-state index is -0.356. The maximum Gasteiger partial charge on any atom is 0.263 e. The summed E-state index contributed by atoms with van der Waals surface area (Å²) in [5, 5.41) is 15.0. The summed E-state index contributed by atoms with van der Waals surface area (Å²) in [4.78, 5) is 14.3. The molecule has 1 aliphatic rings. The maximum absolute atomic E-state index is 12.1. The van der Waals surface area contributed by atoms with Crippen LogP contribution in [0.2, 0.25) is 0 Å². The lowest BCUT2D eigenvalue weighted by Gasteiger charge is -2.26. The van der Waals surface area contributed by atoms with Gasteiger partial charge in [-0.25, -0.2) is 0 Å². The smallest absolute Gasteiger partial charge is 0.263 e. The van der Waals surface area contributed by atoms with Crippen LogP contribution < -0.4 is 15.4 Å². The van der Waals surface area contributed by atoms with Crippen LogP contribution in [0.5, 0.6) is 5.75 Å². The number of hydrogen-bond donors (Lipinski definition) is 2. The van der Waals surface area contributed by atoms with E-state index in [0.29, 0.717) is 13.1 Å². The van der Waals surface area contributed by atoms with E-state index in [1.165, 1.54) is 6.20 Å². The number of nitrogens with one attached hydrogen (secondary N) is 2. The summed E-state index contributed by atoms with van der Waals surface area (Å²) in [6.45, 7) is 5.09. The van der Waals surface area contributed by atoms with Gasteiger partial charge in [-0.2, -0.15) is 5.26 Å². The van der Waals surface area contributed by atoms with Gasteiger partial charge in [-0.15, -0.1) is 0 Å². The molecular formula is C19H26N4O3. The Bertz CT molecular complexity index is 648. The molecule has 1 aromatic carbocycles. The minimum absolute atomic E-state index is 0.0759. The van der Waals surface area contributed by atoms with Gasteiger partial charge in [0.1, 0.15) is 17.4 Å². The number of carbonyl (C=O) groups excluding carboxylic acids is 1. The molecule has 1 amide bonds. The van der Waals surface area contributed by atoms with Crippen LogP contribution in [0.15, 0.2) is 36.0 Å². The number of amides is 1. The zero-order chi connectivity index (χ0) is 18.6. The number of nitrogens with zero attached hydrogens (tertiary/aromatic N) is 2. The lowest BCUT2D eigenvalue weighted by molar-refractivity contribution is -0.117. The number of hydrogen-bond acceptors (Lipinski definition) is 6. The first-order valence-corrected chi connectivity index (χ1v) is 8.78. The van der Waals surface area contributed by atoms with Crippen LogP contribution in [0.3, 0.4) is 0 Å². The predicted octanol–water partition coefficient (Wildman–Crippen LogP) is 0.683. The Hall–Kier alpha value is -2.56. The van der Waals surface area contributed by atoms with Gasteiger partial charge in [-0.1, -0.05) is 18.2 Å². The molecule has 0 unspecified atom stereocenters. The molecule has 7 heteroatoms. The third kappa shape index (κ3) is 6.39. The Labute approximate surface area is 154 Å². The van der Waals surface area contributed by atoms with Gasteiger partial charge in [-0.05, 0) is 18.1 Å². The van der Waals surface area contributed by atoms with Crippen LogP contribution in [-0.2, 0) is 16.0 Å². The first-order valence-electron chi connectivity index (χ1n) is 8.78. The second kappa shape index (κ2) is 11.1. The average Bonchev–Trinajstić information content (AvgIpc) is 2.69. The number of benzene rings is 1. The van der Waals surface area contributed by atoms with E-state index >= 15 is 0 Å². The van der Waals surface area contributed by atoms with Crippen molar-refractivity contribution in [2.75, 3.05) is 53.0 Å². The average molecular weight is 358 g/mol. The Morgan fingerprint density at radius 2 is 2.12 bits per heavy atom. The van der Waals surface area contributed by atoms with Gasteiger partial charge in [0, 0.05) is 38.9 Å². The number of rotatable bonds is 9. The van der Waals surface area contributed by atoms with Crippen molar-refractivity contribution in [1.82, 2.24) is 15.5 Å². The Morgan fingerprint density at radius 1 is 1.35 bits per heavy atom. The van der Waals surface area contributed by atoms with Gasteiger partial charge >= 0.3 is 0 Å². The summed E-state index contributed by atoms with van der Waals surface area (Å²) in [7, 11) is 1.64. The van der Waals surface area contributed by atoms with Crippen molar-refractivity contribution < 1.29 is 14.3 Å². The molecule has 26 heavy (non-hydrogen) atoms. The van der Waals surface area contributed by atoms with E-state index in [1.807, 2.05) is 30.3 Å². The zero-order valence-corrected chi connectivity index (χ0v) is 15.2. The highest BCUT2D eigenvalue weighted by molar-refractivity contribution is 5.97. The molecule has 0 bridgehead atoms. The van der Waals surface area contributed by atoms with Gasteiger partial charge in [-0.3, -0.25) is 9.69 Å². The van der Waals surface area contributed by atoms with Crippen molar-refractivity contribution in [1.29, 1.82) is 5.26 Å². The molecule has 0 spiro atoms. The molecule has 7 nitrogen and oxygen atoms in total. The molecule has 1 aliphatic heterocycles. The quantitative estimate of drug-likeness (QED) is 0.384. The fourth-order valence-electron chi connectivity index (χ4n) is 2.69. The highest BCUT2D eigenvalue weighted by Gasteiger charge is 2.12. The van der Waals surface area contributed by atoms with Crippen molar-refractivity contribution in [3.63, 3.8) is 0 Å². The Morgan fingerprint density at radius 3 is 2.85 bits per heavy atom. The summed E-state index contributed by atoms with van der Waals surface area (Å²) >= 11 is 0. The molecule has 2 rings (SSSR count). The maximum atomic E-state index is 12.1. The van der Waals surface area contributed by atoms with Crippen LogP contribution in [0.25, 0.3) is 0 Å². The van der Waals surface area contributed by atoms with Gasteiger partial charge < -0.3 is 20.1 Å². The summed E-state index contributed by atoms with van der Waals surface area (Å²) in [6.07, 6.45) is 2.21. The lowest BCUT2D eigenvalue weighted by Crippen LogP contribution is -2.41. The molecule has 1 heterocycles. The minimum Gasteiger partial charge on any atom is -0.496 e. The van der Waals surface area contributed by atoms with Crippen LogP contribution in [-0.4, -0.2) is 63.9 Å². The van der Waals surface area contributed by atoms with Crippen LogP contribution in [0.1, 0.15) is 5.56 Å². The normalized spacial score (nSPS) is 15.2. The van der Waals surface area contributed by atoms with Gasteiger partial charge in [0.25, 0.3) is 5.91 Å². The molecule has 0 atom stereocenters. The Kier molecular flexibility index (Phi) is 8.46. The van der Waals surface area contributed by atoms with Crippen molar-refractivity contribution in [3.05, 3.63) is 41.6 Å². The fourth-order valence-corrected chi connectivity index (χ4v) is 2.69. The number of morpholine rings is 1. The molecule has 1 saturated heterocycles. The van der Waals surface area contributed by atoms with E-state index in [2.05, 4.69) is 15.5 Å². The van der Waals surface area contributed by atoms with Gasteiger partial charge in [0.05, 0.1) is 20.3 Å². The Balaban J connectivity index is 1.72. The van der Waals surface area contributed by atoms with Crippen LogP contribution >= 0.6 is 0 Å². The van der Waals surface area contributed by atoms with Crippen molar-refractivity contribution in [2.45, 2.75) is 6.42 Å². The molecular weight excluding hydrogens is 332 g/mol. The van der Waals surface area contributed by atoms with Gasteiger partial charge in [0.15, 0.2) is 0 Å². The first-order chi connectivity index (χ1) is 12.7. The number of ether oxygens (including phenoxy) is 2. The number of para-hydroxylation sites is 1. The molecule has 0 saturated carbocycles. The van der Waals surface area contributed by atoms with E-state index < -0.39 is 0 Å². The standard InChI is InChI=1S/C19H26N4O3/c1-25-18-5-3-2-4-16(18)6-7-21-15-17(14-20)19(24)22-8-9-23-10-12-26-13-11-23/h2-5,15,21H,6-13H2,1H3,(H,22,24)/b17-15-. The highest BCUT2D eigenvalue weighted by atomic mass is 16.5. The largest absolute Gasteiger partial charge is 0.496 e. The number of methoxy groups -OCH3 is 1. The number of nitriles is 1. The molecule has 0 radical (unpaired) electrons. The van der Waals surface area contributed by atoms with Gasteiger partial charge in [0.2, 0.25) is 0 Å². The summed E-state index contributed by atoms with van der Waals surface area (Å²) in [5.41, 5.74) is 1.15. The van der Waals surface area contributed by atoms with E-state index in [-0.39, 0.29) is 11.5 Å². The second-order valence-corrected chi connectivity index (χ2v) is 5.90. The summed E-state index contributed by atoms with van der Waals surface area (Å²) in [6, 6.07) is 9.72. The van der Waals surface area contributed by atoms with E-state index in [4.69, 9.17) is 9.47 Å². The van der Waals surface area contributed by atoms with Crippen molar-refractivity contribution in [2.24, 2.45) is 0 Å². The molecule has 0 aliphatic carbocycles. The lowest BCUT2D eigenvalue weighted by atomic mass is 10.1. The summed E-state index contributed by atoms with van der Waals surface area (Å²) < 4.78 is 10.6. The SMILES string of the molecule is COc1ccccc1CCN/C=C(/C#N)C(=O)NCCN1CCOCC1. The number of carbonyl (C=O) groups is 1.